The molecule has 140 valence electrons. The number of rotatable bonds is 6. The Kier molecular flexibility index (Phi) is 5.98. The highest BCUT2D eigenvalue weighted by Gasteiger charge is 2.27. The highest BCUT2D eigenvalue weighted by atomic mass is 32.2. The van der Waals surface area contributed by atoms with E-state index < -0.39 is 0 Å². The third-order valence-electron chi connectivity index (χ3n) is 4.29. The van der Waals surface area contributed by atoms with Crippen LogP contribution in [0.5, 0.6) is 0 Å². The van der Waals surface area contributed by atoms with Gasteiger partial charge in [-0.3, -0.25) is 4.79 Å². The lowest BCUT2D eigenvalue weighted by atomic mass is 9.95. The second kappa shape index (κ2) is 8.22. The van der Waals surface area contributed by atoms with E-state index in [1.807, 2.05) is 18.5 Å². The van der Waals surface area contributed by atoms with Crippen molar-refractivity contribution >= 4 is 40.0 Å². The Balaban J connectivity index is 1.74. The molecule has 2 aromatic heterocycles. The fourth-order valence-electron chi connectivity index (χ4n) is 2.88. The van der Waals surface area contributed by atoms with E-state index in [9.17, 15) is 9.59 Å². The molecule has 0 atom stereocenters. The SMILES string of the molecule is CCOC(=O)c1c(NC(=O)CSc2nnc(C)n2C)sc2c1CCCC2. The van der Waals surface area contributed by atoms with Gasteiger partial charge in [0.1, 0.15) is 10.8 Å². The number of aryl methyl sites for hydroxylation is 2. The first kappa shape index (κ1) is 18.9. The van der Waals surface area contributed by atoms with Crippen molar-refractivity contribution in [2.24, 2.45) is 7.05 Å². The maximum atomic E-state index is 12.4. The molecule has 0 bridgehead atoms. The van der Waals surface area contributed by atoms with E-state index in [-0.39, 0.29) is 17.6 Å². The summed E-state index contributed by atoms with van der Waals surface area (Å²) in [6, 6.07) is 0. The van der Waals surface area contributed by atoms with E-state index in [4.69, 9.17) is 4.74 Å². The molecule has 0 spiro atoms. The number of fused-ring (bicyclic) bond motifs is 1. The Hall–Kier alpha value is -1.87. The standard InChI is InChI=1S/C17H22N4O3S2/c1-4-24-16(23)14-11-7-5-6-8-12(11)26-15(14)18-13(22)9-25-17-20-19-10(2)21(17)3/h4-9H2,1-3H3,(H,18,22). The molecular weight excluding hydrogens is 372 g/mol. The normalized spacial score (nSPS) is 13.3. The highest BCUT2D eigenvalue weighted by molar-refractivity contribution is 7.99. The minimum absolute atomic E-state index is 0.167. The summed E-state index contributed by atoms with van der Waals surface area (Å²) in [5.41, 5.74) is 1.59. The van der Waals surface area contributed by atoms with Crippen molar-refractivity contribution in [3.05, 3.63) is 21.8 Å². The van der Waals surface area contributed by atoms with E-state index in [0.717, 1.165) is 37.1 Å². The van der Waals surface area contributed by atoms with Crippen LogP contribution in [0.15, 0.2) is 5.16 Å². The van der Waals surface area contributed by atoms with E-state index in [1.165, 1.54) is 28.0 Å². The Labute approximate surface area is 160 Å². The van der Waals surface area contributed by atoms with Gasteiger partial charge in [-0.05, 0) is 45.1 Å². The van der Waals surface area contributed by atoms with Gasteiger partial charge in [0.05, 0.1) is 17.9 Å². The summed E-state index contributed by atoms with van der Waals surface area (Å²) in [6.07, 6.45) is 3.99. The lowest BCUT2D eigenvalue weighted by Crippen LogP contribution is -2.17. The molecule has 1 amide bonds. The molecule has 1 N–H and O–H groups in total. The van der Waals surface area contributed by atoms with Crippen LogP contribution in [0.1, 0.15) is 46.4 Å². The summed E-state index contributed by atoms with van der Waals surface area (Å²) >= 11 is 2.82. The number of esters is 1. The average molecular weight is 395 g/mol. The first-order valence-corrected chi connectivity index (χ1v) is 10.4. The van der Waals surface area contributed by atoms with Crippen molar-refractivity contribution in [2.45, 2.75) is 44.7 Å². The number of anilines is 1. The molecule has 9 heteroatoms. The van der Waals surface area contributed by atoms with Crippen molar-refractivity contribution in [3.8, 4) is 0 Å². The molecule has 1 aliphatic rings. The van der Waals surface area contributed by atoms with Crippen LogP contribution >= 0.6 is 23.1 Å². The number of ether oxygens (including phenoxy) is 1. The predicted octanol–water partition coefficient (Wildman–Crippen LogP) is 2.97. The molecule has 26 heavy (non-hydrogen) atoms. The van der Waals surface area contributed by atoms with Gasteiger partial charge in [-0.1, -0.05) is 11.8 Å². The molecule has 0 aliphatic heterocycles. The van der Waals surface area contributed by atoms with Gasteiger partial charge in [0.2, 0.25) is 5.91 Å². The summed E-state index contributed by atoms with van der Waals surface area (Å²) in [7, 11) is 1.86. The van der Waals surface area contributed by atoms with Crippen LogP contribution in [0.25, 0.3) is 0 Å². The minimum Gasteiger partial charge on any atom is -0.462 e. The molecule has 1 aliphatic carbocycles. The fraction of sp³-hybridized carbons (Fsp3) is 0.529. The maximum absolute atomic E-state index is 12.4. The Morgan fingerprint density at radius 2 is 2.08 bits per heavy atom. The molecule has 0 unspecified atom stereocenters. The molecule has 0 aromatic carbocycles. The molecule has 0 fully saturated rings. The molecule has 3 rings (SSSR count). The zero-order valence-corrected chi connectivity index (χ0v) is 16.8. The van der Waals surface area contributed by atoms with Gasteiger partial charge < -0.3 is 14.6 Å². The van der Waals surface area contributed by atoms with Crippen molar-refractivity contribution in [1.82, 2.24) is 14.8 Å². The highest BCUT2D eigenvalue weighted by Crippen LogP contribution is 2.38. The predicted molar refractivity (Wildman–Crippen MR) is 102 cm³/mol. The van der Waals surface area contributed by atoms with Gasteiger partial charge in [-0.15, -0.1) is 21.5 Å². The third-order valence-corrected chi connectivity index (χ3v) is 6.52. The van der Waals surface area contributed by atoms with Crippen LogP contribution < -0.4 is 5.32 Å². The van der Waals surface area contributed by atoms with E-state index in [0.29, 0.717) is 22.3 Å². The number of hydrogen-bond acceptors (Lipinski definition) is 7. The largest absolute Gasteiger partial charge is 0.462 e. The number of nitrogens with zero attached hydrogens (tertiary/aromatic N) is 3. The third kappa shape index (κ3) is 3.93. The van der Waals surface area contributed by atoms with E-state index in [2.05, 4.69) is 15.5 Å². The monoisotopic (exact) mass is 394 g/mol. The van der Waals surface area contributed by atoms with Crippen LogP contribution in [-0.4, -0.2) is 39.0 Å². The number of nitrogens with one attached hydrogen (secondary N) is 1. The first-order valence-electron chi connectivity index (χ1n) is 8.61. The number of hydrogen-bond donors (Lipinski definition) is 1. The summed E-state index contributed by atoms with van der Waals surface area (Å²) in [5, 5.41) is 12.2. The smallest absolute Gasteiger partial charge is 0.341 e. The van der Waals surface area contributed by atoms with Crippen molar-refractivity contribution in [1.29, 1.82) is 0 Å². The number of thioether (sulfide) groups is 1. The maximum Gasteiger partial charge on any atom is 0.341 e. The van der Waals surface area contributed by atoms with Gasteiger partial charge in [0.25, 0.3) is 0 Å². The van der Waals surface area contributed by atoms with E-state index in [1.54, 1.807) is 6.92 Å². The molecule has 2 aromatic rings. The van der Waals surface area contributed by atoms with Gasteiger partial charge in [0.15, 0.2) is 5.16 Å². The summed E-state index contributed by atoms with van der Waals surface area (Å²) < 4.78 is 7.05. The summed E-state index contributed by atoms with van der Waals surface area (Å²) in [5.74, 6) is 0.485. The summed E-state index contributed by atoms with van der Waals surface area (Å²) in [6.45, 7) is 3.96. The number of thiophene rings is 1. The Bertz CT molecular complexity index is 828. The van der Waals surface area contributed by atoms with Gasteiger partial charge >= 0.3 is 5.97 Å². The average Bonchev–Trinajstić information content (AvgIpc) is 3.13. The van der Waals surface area contributed by atoms with Crippen LogP contribution in [0.4, 0.5) is 5.00 Å². The minimum atomic E-state index is -0.348. The molecule has 0 saturated carbocycles. The van der Waals surface area contributed by atoms with Gasteiger partial charge in [0, 0.05) is 11.9 Å². The van der Waals surface area contributed by atoms with Gasteiger partial charge in [-0.2, -0.15) is 0 Å². The van der Waals surface area contributed by atoms with Crippen LogP contribution in [-0.2, 0) is 29.4 Å². The van der Waals surface area contributed by atoms with Gasteiger partial charge in [-0.25, -0.2) is 4.79 Å². The second-order valence-corrected chi connectivity index (χ2v) is 8.11. The van der Waals surface area contributed by atoms with Crippen LogP contribution in [0.2, 0.25) is 0 Å². The lowest BCUT2D eigenvalue weighted by molar-refractivity contribution is -0.113. The molecule has 0 saturated heterocycles. The first-order chi connectivity index (χ1) is 12.5. The molecular formula is C17H22N4O3S2. The Morgan fingerprint density at radius 1 is 1.31 bits per heavy atom. The number of carbonyl (C=O) groups is 2. The van der Waals surface area contributed by atoms with Crippen LogP contribution in [0.3, 0.4) is 0 Å². The molecule has 2 heterocycles. The van der Waals surface area contributed by atoms with E-state index >= 15 is 0 Å². The Morgan fingerprint density at radius 3 is 2.77 bits per heavy atom. The summed E-state index contributed by atoms with van der Waals surface area (Å²) in [4.78, 5) is 26.0. The fourth-order valence-corrected chi connectivity index (χ4v) is 4.93. The molecule has 0 radical (unpaired) electrons. The van der Waals surface area contributed by atoms with Crippen molar-refractivity contribution < 1.29 is 14.3 Å². The van der Waals surface area contributed by atoms with Crippen molar-refractivity contribution in [3.63, 3.8) is 0 Å². The lowest BCUT2D eigenvalue weighted by Gasteiger charge is -2.12. The number of aromatic nitrogens is 3. The van der Waals surface area contributed by atoms with Crippen LogP contribution in [0, 0.1) is 6.92 Å². The second-order valence-electron chi connectivity index (χ2n) is 6.06. The van der Waals surface area contributed by atoms with Crippen molar-refractivity contribution in [2.75, 3.05) is 17.7 Å². The number of amides is 1. The molecule has 7 nitrogen and oxygen atoms in total. The quantitative estimate of drug-likeness (QED) is 0.599. The zero-order valence-electron chi connectivity index (χ0n) is 15.1. The number of carbonyl (C=O) groups excluding carboxylic acids is 2. The zero-order chi connectivity index (χ0) is 18.7. The topological polar surface area (TPSA) is 86.1 Å².